The second-order valence-corrected chi connectivity index (χ2v) is 3.62. The fraction of sp³-hybridized carbons (Fsp3) is 0.273. The average molecular weight is 239 g/mol. The molecule has 0 spiro atoms. The van der Waals surface area contributed by atoms with E-state index >= 15 is 0 Å². The van der Waals surface area contributed by atoms with Crippen LogP contribution in [-0.4, -0.2) is 23.2 Å². The lowest BCUT2D eigenvalue weighted by Crippen LogP contribution is -2.11. The number of alkyl halides is 1. The molecule has 1 heterocycles. The van der Waals surface area contributed by atoms with Crippen molar-refractivity contribution in [3.05, 3.63) is 34.1 Å². The van der Waals surface area contributed by atoms with Crippen LogP contribution < -0.4 is 10.9 Å². The largest absolute Gasteiger partial charge is 0.380 e. The van der Waals surface area contributed by atoms with Gasteiger partial charge in [0.2, 0.25) is 0 Å². The van der Waals surface area contributed by atoms with Gasteiger partial charge in [-0.15, -0.1) is 0 Å². The molecular formula is C11H11F2N3O. The SMILES string of the molecule is Cc1nc2cc(F)c(NCCF)cc2c(=O)[nH]1. The van der Waals surface area contributed by atoms with E-state index in [0.29, 0.717) is 5.82 Å². The maximum Gasteiger partial charge on any atom is 0.258 e. The first kappa shape index (κ1) is 11.5. The number of nitrogens with zero attached hydrogens (tertiary/aromatic N) is 1. The van der Waals surface area contributed by atoms with Gasteiger partial charge >= 0.3 is 0 Å². The average Bonchev–Trinajstić information content (AvgIpc) is 2.26. The summed E-state index contributed by atoms with van der Waals surface area (Å²) in [5.74, 6) is -0.130. The van der Waals surface area contributed by atoms with Gasteiger partial charge in [-0.25, -0.2) is 13.8 Å². The number of hydrogen-bond donors (Lipinski definition) is 2. The fourth-order valence-corrected chi connectivity index (χ4v) is 1.59. The molecule has 90 valence electrons. The van der Waals surface area contributed by atoms with Crippen LogP contribution >= 0.6 is 0 Å². The molecule has 0 fully saturated rings. The van der Waals surface area contributed by atoms with Gasteiger partial charge in [0.25, 0.3) is 5.56 Å². The molecule has 0 unspecified atom stereocenters. The molecule has 0 saturated heterocycles. The third kappa shape index (κ3) is 2.25. The molecular weight excluding hydrogens is 228 g/mol. The molecule has 0 aliphatic carbocycles. The van der Waals surface area contributed by atoms with Crippen molar-refractivity contribution >= 4 is 16.6 Å². The normalized spacial score (nSPS) is 10.8. The molecule has 6 heteroatoms. The van der Waals surface area contributed by atoms with Crippen LogP contribution in [-0.2, 0) is 0 Å². The van der Waals surface area contributed by atoms with Crippen molar-refractivity contribution in [3.63, 3.8) is 0 Å². The predicted octanol–water partition coefficient (Wildman–Crippen LogP) is 1.75. The van der Waals surface area contributed by atoms with Gasteiger partial charge in [0.05, 0.1) is 16.6 Å². The van der Waals surface area contributed by atoms with E-state index in [1.165, 1.54) is 6.07 Å². The lowest BCUT2D eigenvalue weighted by molar-refractivity contribution is 0.511. The summed E-state index contributed by atoms with van der Waals surface area (Å²) in [6, 6.07) is 2.50. The standard InChI is InChI=1S/C11H11F2N3O/c1-6-15-9-5-8(13)10(14-3-2-12)4-7(9)11(17)16-6/h4-5,14H,2-3H2,1H3,(H,15,16,17). The highest BCUT2D eigenvalue weighted by Gasteiger charge is 2.08. The maximum atomic E-state index is 13.6. The van der Waals surface area contributed by atoms with Crippen LogP contribution in [0.4, 0.5) is 14.5 Å². The maximum absolute atomic E-state index is 13.6. The van der Waals surface area contributed by atoms with Gasteiger partial charge in [-0.1, -0.05) is 0 Å². The van der Waals surface area contributed by atoms with Gasteiger partial charge < -0.3 is 10.3 Å². The number of fused-ring (bicyclic) bond motifs is 1. The second kappa shape index (κ2) is 4.48. The second-order valence-electron chi connectivity index (χ2n) is 3.62. The lowest BCUT2D eigenvalue weighted by Gasteiger charge is -2.06. The first-order valence-corrected chi connectivity index (χ1v) is 5.12. The molecule has 0 radical (unpaired) electrons. The highest BCUT2D eigenvalue weighted by molar-refractivity contribution is 5.81. The third-order valence-corrected chi connectivity index (χ3v) is 2.32. The monoisotopic (exact) mass is 239 g/mol. The summed E-state index contributed by atoms with van der Waals surface area (Å²) in [5, 5.41) is 2.84. The number of aryl methyl sites for hydroxylation is 1. The Balaban J connectivity index is 2.59. The Hall–Kier alpha value is -1.98. The van der Waals surface area contributed by atoms with E-state index in [1.807, 2.05) is 0 Å². The zero-order chi connectivity index (χ0) is 12.4. The van der Waals surface area contributed by atoms with Crippen molar-refractivity contribution in [1.29, 1.82) is 0 Å². The van der Waals surface area contributed by atoms with Gasteiger partial charge in [0.1, 0.15) is 18.3 Å². The topological polar surface area (TPSA) is 57.8 Å². The molecule has 0 bridgehead atoms. The molecule has 0 atom stereocenters. The van der Waals surface area contributed by atoms with Crippen LogP contribution in [0.5, 0.6) is 0 Å². The number of benzene rings is 1. The number of hydrogen-bond acceptors (Lipinski definition) is 3. The van der Waals surface area contributed by atoms with Crippen molar-refractivity contribution in [2.24, 2.45) is 0 Å². The minimum absolute atomic E-state index is 0.000376. The highest BCUT2D eigenvalue weighted by atomic mass is 19.1. The van der Waals surface area contributed by atoms with Crippen LogP contribution in [0.2, 0.25) is 0 Å². The number of rotatable bonds is 3. The fourth-order valence-electron chi connectivity index (χ4n) is 1.59. The van der Waals surface area contributed by atoms with Gasteiger partial charge in [0, 0.05) is 12.6 Å². The van der Waals surface area contributed by atoms with E-state index in [1.54, 1.807) is 6.92 Å². The Kier molecular flexibility index (Phi) is 3.03. The Morgan fingerprint density at radius 2 is 2.24 bits per heavy atom. The molecule has 4 nitrogen and oxygen atoms in total. The third-order valence-electron chi connectivity index (χ3n) is 2.32. The van der Waals surface area contributed by atoms with Crippen LogP contribution in [0.15, 0.2) is 16.9 Å². The Labute approximate surface area is 95.7 Å². The molecule has 0 aliphatic rings. The number of H-pyrrole nitrogens is 1. The lowest BCUT2D eigenvalue weighted by atomic mass is 10.2. The van der Waals surface area contributed by atoms with Gasteiger partial charge in [0.15, 0.2) is 0 Å². The summed E-state index contributed by atoms with van der Waals surface area (Å²) in [4.78, 5) is 18.2. The summed E-state index contributed by atoms with van der Waals surface area (Å²) in [5.41, 5.74) is 0.0525. The van der Waals surface area contributed by atoms with Crippen molar-refractivity contribution < 1.29 is 8.78 Å². The molecule has 0 amide bonds. The highest BCUT2D eigenvalue weighted by Crippen LogP contribution is 2.19. The number of aromatic nitrogens is 2. The quantitative estimate of drug-likeness (QED) is 0.857. The minimum Gasteiger partial charge on any atom is -0.380 e. The van der Waals surface area contributed by atoms with E-state index < -0.39 is 12.5 Å². The van der Waals surface area contributed by atoms with Crippen molar-refractivity contribution in [3.8, 4) is 0 Å². The van der Waals surface area contributed by atoms with Gasteiger partial charge in [-0.3, -0.25) is 4.79 Å². The Bertz CT molecular complexity index is 609. The summed E-state index contributed by atoms with van der Waals surface area (Å²) in [6.07, 6.45) is 0. The van der Waals surface area contributed by atoms with E-state index in [0.717, 1.165) is 6.07 Å². The van der Waals surface area contributed by atoms with Crippen molar-refractivity contribution in [2.75, 3.05) is 18.5 Å². The summed E-state index contributed by atoms with van der Waals surface area (Å²) < 4.78 is 25.6. The van der Waals surface area contributed by atoms with Crippen molar-refractivity contribution in [2.45, 2.75) is 6.92 Å². The molecule has 2 aromatic rings. The van der Waals surface area contributed by atoms with Crippen LogP contribution in [0, 0.1) is 12.7 Å². The van der Waals surface area contributed by atoms with Gasteiger partial charge in [-0.05, 0) is 13.0 Å². The summed E-state index contributed by atoms with van der Waals surface area (Å²) in [7, 11) is 0. The summed E-state index contributed by atoms with van der Waals surface area (Å²) in [6.45, 7) is 1.01. The molecule has 1 aromatic heterocycles. The van der Waals surface area contributed by atoms with Crippen LogP contribution in [0.3, 0.4) is 0 Å². The van der Waals surface area contributed by atoms with Crippen LogP contribution in [0.1, 0.15) is 5.82 Å². The smallest absolute Gasteiger partial charge is 0.258 e. The summed E-state index contributed by atoms with van der Waals surface area (Å²) >= 11 is 0. The molecule has 0 aliphatic heterocycles. The van der Waals surface area contributed by atoms with E-state index in [2.05, 4.69) is 15.3 Å². The number of nitrogens with one attached hydrogen (secondary N) is 2. The zero-order valence-corrected chi connectivity index (χ0v) is 9.18. The molecule has 17 heavy (non-hydrogen) atoms. The molecule has 1 aromatic carbocycles. The number of anilines is 1. The first-order valence-electron chi connectivity index (χ1n) is 5.12. The van der Waals surface area contributed by atoms with E-state index in [9.17, 15) is 13.6 Å². The Morgan fingerprint density at radius 1 is 1.47 bits per heavy atom. The molecule has 0 saturated carbocycles. The van der Waals surface area contributed by atoms with Crippen LogP contribution in [0.25, 0.3) is 10.9 Å². The minimum atomic E-state index is -0.611. The first-order chi connectivity index (χ1) is 8.11. The molecule has 2 rings (SSSR count). The zero-order valence-electron chi connectivity index (χ0n) is 9.18. The van der Waals surface area contributed by atoms with E-state index in [4.69, 9.17) is 0 Å². The van der Waals surface area contributed by atoms with Gasteiger partial charge in [-0.2, -0.15) is 0 Å². The Morgan fingerprint density at radius 3 is 2.94 bits per heavy atom. The number of halogens is 2. The van der Waals surface area contributed by atoms with Crippen molar-refractivity contribution in [1.82, 2.24) is 9.97 Å². The predicted molar refractivity (Wildman–Crippen MR) is 61.5 cm³/mol. The number of aromatic amines is 1. The molecule has 2 N–H and O–H groups in total. The van der Waals surface area contributed by atoms with E-state index in [-0.39, 0.29) is 28.7 Å².